The number of nitrogens with one attached hydrogen (secondary N) is 1. The lowest BCUT2D eigenvalue weighted by atomic mass is 10.3. The van der Waals surface area contributed by atoms with E-state index in [2.05, 4.69) is 4.98 Å². The van der Waals surface area contributed by atoms with E-state index in [1.54, 1.807) is 18.4 Å². The Morgan fingerprint density at radius 3 is 2.62 bits per heavy atom. The van der Waals surface area contributed by atoms with Crippen molar-refractivity contribution in [1.82, 2.24) is 9.71 Å². The number of carbonyl (C=O) groups is 1. The summed E-state index contributed by atoms with van der Waals surface area (Å²) < 4.78 is 26.4. The molecule has 0 unspecified atom stereocenters. The average Bonchev–Trinajstić information content (AvgIpc) is 2.47. The third-order valence-corrected chi connectivity index (χ3v) is 5.11. The zero-order valence-corrected chi connectivity index (χ0v) is 13.3. The maximum atomic E-state index is 12.2. The third-order valence-electron chi connectivity index (χ3n) is 2.56. The number of pyridine rings is 1. The summed E-state index contributed by atoms with van der Waals surface area (Å²) in [5, 5.41) is 0.499. The molecule has 0 fully saturated rings. The van der Waals surface area contributed by atoms with Crippen LogP contribution in [0, 0.1) is 0 Å². The number of hydrogen-bond acceptors (Lipinski definition) is 5. The first kappa shape index (κ1) is 15.8. The molecular weight excluding hydrogens is 332 g/mol. The van der Waals surface area contributed by atoms with Gasteiger partial charge in [-0.2, -0.15) is 0 Å². The van der Waals surface area contributed by atoms with Gasteiger partial charge in [0.1, 0.15) is 9.92 Å². The lowest BCUT2D eigenvalue weighted by Gasteiger charge is -2.09. The van der Waals surface area contributed by atoms with E-state index in [-0.39, 0.29) is 15.5 Å². The first-order valence-electron chi connectivity index (χ1n) is 5.76. The Hall–Kier alpha value is -1.57. The second kappa shape index (κ2) is 6.46. The van der Waals surface area contributed by atoms with Crippen LogP contribution in [0.15, 0.2) is 52.5 Å². The number of sulfonamides is 1. The van der Waals surface area contributed by atoms with E-state index in [1.807, 2.05) is 4.72 Å². The lowest BCUT2D eigenvalue weighted by molar-refractivity contribution is 0.0978. The maximum Gasteiger partial charge on any atom is 0.267 e. The molecule has 1 amide bonds. The molecule has 1 heterocycles. The van der Waals surface area contributed by atoms with Crippen LogP contribution in [0.1, 0.15) is 10.4 Å². The van der Waals surface area contributed by atoms with Crippen LogP contribution in [0.25, 0.3) is 0 Å². The Morgan fingerprint density at radius 1 is 1.24 bits per heavy atom. The number of hydrogen-bond donors (Lipinski definition) is 1. The summed E-state index contributed by atoms with van der Waals surface area (Å²) in [5.74, 6) is -0.743. The number of halogens is 1. The zero-order valence-electron chi connectivity index (χ0n) is 10.9. The summed E-state index contributed by atoms with van der Waals surface area (Å²) in [6, 6.07) is 8.99. The van der Waals surface area contributed by atoms with E-state index in [0.29, 0.717) is 5.03 Å². The molecule has 110 valence electrons. The van der Waals surface area contributed by atoms with Crippen LogP contribution in [-0.4, -0.2) is 25.6 Å². The highest BCUT2D eigenvalue weighted by Gasteiger charge is 2.22. The number of amides is 1. The predicted octanol–water partition coefficient (Wildman–Crippen LogP) is 2.58. The van der Waals surface area contributed by atoms with Gasteiger partial charge in [-0.3, -0.25) is 4.79 Å². The van der Waals surface area contributed by atoms with Gasteiger partial charge >= 0.3 is 0 Å². The molecule has 0 aliphatic heterocycles. The Labute approximate surface area is 131 Å². The number of aromatic nitrogens is 1. The summed E-state index contributed by atoms with van der Waals surface area (Å²) >= 11 is 7.11. The van der Waals surface area contributed by atoms with Crippen molar-refractivity contribution in [1.29, 1.82) is 0 Å². The fraction of sp³-hybridized carbons (Fsp3) is 0.0769. The summed E-state index contributed by atoms with van der Waals surface area (Å²) in [7, 11) is -4.03. The van der Waals surface area contributed by atoms with Gasteiger partial charge in [-0.05, 0) is 30.5 Å². The van der Waals surface area contributed by atoms with E-state index in [4.69, 9.17) is 11.6 Å². The molecule has 1 N–H and O–H groups in total. The van der Waals surface area contributed by atoms with E-state index >= 15 is 0 Å². The van der Waals surface area contributed by atoms with Gasteiger partial charge in [0.25, 0.3) is 15.9 Å². The van der Waals surface area contributed by atoms with Crippen LogP contribution in [0.4, 0.5) is 0 Å². The minimum atomic E-state index is -4.03. The van der Waals surface area contributed by atoms with Gasteiger partial charge in [0.2, 0.25) is 0 Å². The number of nitrogens with zero attached hydrogens (tertiary/aromatic N) is 1. The fourth-order valence-corrected chi connectivity index (χ4v) is 3.65. The SMILES string of the molecule is CSc1ncccc1C(=O)NS(=O)(=O)c1ccccc1Cl. The molecule has 0 saturated carbocycles. The van der Waals surface area contributed by atoms with Crippen molar-refractivity contribution in [2.24, 2.45) is 0 Å². The predicted molar refractivity (Wildman–Crippen MR) is 82.1 cm³/mol. The lowest BCUT2D eigenvalue weighted by Crippen LogP contribution is -2.31. The van der Waals surface area contributed by atoms with E-state index < -0.39 is 15.9 Å². The molecule has 0 spiro atoms. The van der Waals surface area contributed by atoms with Crippen LogP contribution in [-0.2, 0) is 10.0 Å². The molecule has 1 aromatic heterocycles. The van der Waals surface area contributed by atoms with Crippen LogP contribution >= 0.6 is 23.4 Å². The van der Waals surface area contributed by atoms with Gasteiger partial charge in [0.05, 0.1) is 10.6 Å². The van der Waals surface area contributed by atoms with Crippen LogP contribution in [0.5, 0.6) is 0 Å². The fourth-order valence-electron chi connectivity index (χ4n) is 1.62. The minimum absolute atomic E-state index is 0.0501. The second-order valence-electron chi connectivity index (χ2n) is 3.93. The van der Waals surface area contributed by atoms with Gasteiger partial charge in [0.15, 0.2) is 0 Å². The molecule has 0 aliphatic carbocycles. The zero-order chi connectivity index (χ0) is 15.5. The molecule has 1 aromatic carbocycles. The van der Waals surface area contributed by atoms with E-state index in [0.717, 1.165) is 0 Å². The minimum Gasteiger partial charge on any atom is -0.268 e. The van der Waals surface area contributed by atoms with Crippen molar-refractivity contribution in [3.8, 4) is 0 Å². The molecule has 21 heavy (non-hydrogen) atoms. The van der Waals surface area contributed by atoms with Gasteiger partial charge in [-0.15, -0.1) is 11.8 Å². The molecule has 2 aromatic rings. The third kappa shape index (κ3) is 3.55. The summed E-state index contributed by atoms with van der Waals surface area (Å²) in [4.78, 5) is 16.0. The highest BCUT2D eigenvalue weighted by atomic mass is 35.5. The number of rotatable bonds is 4. The van der Waals surface area contributed by atoms with Crippen molar-refractivity contribution in [3.05, 3.63) is 53.2 Å². The first-order chi connectivity index (χ1) is 9.95. The Balaban J connectivity index is 2.33. The smallest absolute Gasteiger partial charge is 0.267 e. The maximum absolute atomic E-state index is 12.2. The van der Waals surface area contributed by atoms with Crippen molar-refractivity contribution in [3.63, 3.8) is 0 Å². The molecular formula is C13H11ClN2O3S2. The summed E-state index contributed by atoms with van der Waals surface area (Å²) in [6.45, 7) is 0. The normalized spacial score (nSPS) is 11.1. The van der Waals surface area contributed by atoms with Crippen LogP contribution < -0.4 is 4.72 Å². The standard InChI is InChI=1S/C13H11ClN2O3S2/c1-20-13-9(5-4-8-15-13)12(17)16-21(18,19)11-7-3-2-6-10(11)14/h2-8H,1H3,(H,16,17). The quantitative estimate of drug-likeness (QED) is 0.864. The van der Waals surface area contributed by atoms with Crippen molar-refractivity contribution < 1.29 is 13.2 Å². The monoisotopic (exact) mass is 342 g/mol. The largest absolute Gasteiger partial charge is 0.268 e. The van der Waals surface area contributed by atoms with Crippen LogP contribution in [0.2, 0.25) is 5.02 Å². The molecule has 2 rings (SSSR count). The van der Waals surface area contributed by atoms with Gasteiger partial charge in [-0.25, -0.2) is 18.1 Å². The number of thioether (sulfide) groups is 1. The summed E-state index contributed by atoms with van der Waals surface area (Å²) in [5.41, 5.74) is 0.195. The number of carbonyl (C=O) groups excluding carboxylic acids is 1. The van der Waals surface area contributed by atoms with E-state index in [1.165, 1.54) is 42.2 Å². The molecule has 0 aliphatic rings. The second-order valence-corrected chi connectivity index (χ2v) is 6.78. The molecule has 0 atom stereocenters. The Morgan fingerprint density at radius 2 is 1.95 bits per heavy atom. The van der Waals surface area contributed by atoms with E-state index in [9.17, 15) is 13.2 Å². The van der Waals surface area contributed by atoms with Crippen molar-refractivity contribution >= 4 is 39.3 Å². The topological polar surface area (TPSA) is 76.1 Å². The van der Waals surface area contributed by atoms with Crippen molar-refractivity contribution in [2.45, 2.75) is 9.92 Å². The van der Waals surface area contributed by atoms with Crippen LogP contribution in [0.3, 0.4) is 0 Å². The van der Waals surface area contributed by atoms with Gasteiger partial charge in [0, 0.05) is 6.20 Å². The highest BCUT2D eigenvalue weighted by molar-refractivity contribution is 7.98. The Kier molecular flexibility index (Phi) is 4.87. The number of benzene rings is 1. The first-order valence-corrected chi connectivity index (χ1v) is 8.85. The highest BCUT2D eigenvalue weighted by Crippen LogP contribution is 2.21. The Bertz CT molecular complexity index is 778. The van der Waals surface area contributed by atoms with Gasteiger partial charge in [-0.1, -0.05) is 23.7 Å². The molecule has 8 heteroatoms. The molecule has 0 bridgehead atoms. The molecule has 0 radical (unpaired) electrons. The molecule has 0 saturated heterocycles. The summed E-state index contributed by atoms with van der Waals surface area (Å²) in [6.07, 6.45) is 3.28. The molecule has 5 nitrogen and oxygen atoms in total. The van der Waals surface area contributed by atoms with Crippen molar-refractivity contribution in [2.75, 3.05) is 6.26 Å². The van der Waals surface area contributed by atoms with Gasteiger partial charge < -0.3 is 0 Å². The average molecular weight is 343 g/mol.